The SMILES string of the molecule is NNC(c1ccc2ncccc2c1)c1cccc(F)c1F. The minimum Gasteiger partial charge on any atom is -0.271 e. The molecule has 0 radical (unpaired) electrons. The van der Waals surface area contributed by atoms with Crippen LogP contribution in [0.2, 0.25) is 0 Å². The lowest BCUT2D eigenvalue weighted by Crippen LogP contribution is -2.29. The molecule has 0 aliphatic rings. The van der Waals surface area contributed by atoms with Gasteiger partial charge in [0, 0.05) is 17.1 Å². The number of hydrogen-bond donors (Lipinski definition) is 2. The molecule has 0 aliphatic heterocycles. The normalized spacial score (nSPS) is 12.5. The molecule has 2 aromatic carbocycles. The summed E-state index contributed by atoms with van der Waals surface area (Å²) in [7, 11) is 0. The molecule has 0 amide bonds. The third-order valence-electron chi connectivity index (χ3n) is 3.42. The minimum absolute atomic E-state index is 0.167. The van der Waals surface area contributed by atoms with Crippen molar-refractivity contribution in [3.63, 3.8) is 0 Å². The van der Waals surface area contributed by atoms with Gasteiger partial charge in [0.25, 0.3) is 0 Å². The van der Waals surface area contributed by atoms with Crippen molar-refractivity contribution in [2.24, 2.45) is 5.84 Å². The van der Waals surface area contributed by atoms with E-state index >= 15 is 0 Å². The van der Waals surface area contributed by atoms with Crippen LogP contribution in [0.5, 0.6) is 0 Å². The lowest BCUT2D eigenvalue weighted by Gasteiger charge is -2.18. The van der Waals surface area contributed by atoms with Crippen LogP contribution in [0.4, 0.5) is 8.78 Å². The van der Waals surface area contributed by atoms with Gasteiger partial charge in [0.15, 0.2) is 11.6 Å². The number of nitrogens with one attached hydrogen (secondary N) is 1. The molecule has 106 valence electrons. The number of pyridine rings is 1. The van der Waals surface area contributed by atoms with E-state index in [0.29, 0.717) is 0 Å². The lowest BCUT2D eigenvalue weighted by molar-refractivity contribution is 0.483. The first-order valence-corrected chi connectivity index (χ1v) is 6.45. The van der Waals surface area contributed by atoms with Crippen LogP contribution in [0.1, 0.15) is 17.2 Å². The topological polar surface area (TPSA) is 50.9 Å². The lowest BCUT2D eigenvalue weighted by atomic mass is 9.97. The van der Waals surface area contributed by atoms with E-state index in [1.807, 2.05) is 24.3 Å². The highest BCUT2D eigenvalue weighted by Crippen LogP contribution is 2.27. The Morgan fingerprint density at radius 2 is 1.90 bits per heavy atom. The summed E-state index contributed by atoms with van der Waals surface area (Å²) in [5.74, 6) is 3.76. The number of benzene rings is 2. The molecule has 0 saturated heterocycles. The largest absolute Gasteiger partial charge is 0.271 e. The van der Waals surface area contributed by atoms with E-state index < -0.39 is 17.7 Å². The predicted octanol–water partition coefficient (Wildman–Crippen LogP) is 3.07. The monoisotopic (exact) mass is 285 g/mol. The number of hydrazine groups is 1. The Morgan fingerprint density at radius 3 is 2.71 bits per heavy atom. The van der Waals surface area contributed by atoms with E-state index in [0.717, 1.165) is 22.5 Å². The maximum Gasteiger partial charge on any atom is 0.163 e. The summed E-state index contributed by atoms with van der Waals surface area (Å²) in [5.41, 5.74) is 4.28. The van der Waals surface area contributed by atoms with Gasteiger partial charge in [-0.1, -0.05) is 24.3 Å². The number of rotatable bonds is 3. The zero-order valence-corrected chi connectivity index (χ0v) is 11.1. The van der Waals surface area contributed by atoms with Crippen LogP contribution >= 0.6 is 0 Å². The van der Waals surface area contributed by atoms with Gasteiger partial charge >= 0.3 is 0 Å². The van der Waals surface area contributed by atoms with Crippen LogP contribution < -0.4 is 11.3 Å². The second-order valence-electron chi connectivity index (χ2n) is 4.70. The highest BCUT2D eigenvalue weighted by molar-refractivity contribution is 5.79. The van der Waals surface area contributed by atoms with Crippen molar-refractivity contribution in [3.05, 3.63) is 77.5 Å². The zero-order valence-electron chi connectivity index (χ0n) is 11.1. The summed E-state index contributed by atoms with van der Waals surface area (Å²) in [4.78, 5) is 4.23. The van der Waals surface area contributed by atoms with Crippen LogP contribution in [0.15, 0.2) is 54.7 Å². The molecule has 3 nitrogen and oxygen atoms in total. The molecular weight excluding hydrogens is 272 g/mol. The van der Waals surface area contributed by atoms with E-state index in [9.17, 15) is 8.78 Å². The first-order chi connectivity index (χ1) is 10.2. The first-order valence-electron chi connectivity index (χ1n) is 6.45. The van der Waals surface area contributed by atoms with Crippen molar-refractivity contribution in [3.8, 4) is 0 Å². The Morgan fingerprint density at radius 1 is 1.05 bits per heavy atom. The third-order valence-corrected chi connectivity index (χ3v) is 3.42. The van der Waals surface area contributed by atoms with Crippen molar-refractivity contribution >= 4 is 10.9 Å². The summed E-state index contributed by atoms with van der Waals surface area (Å²) >= 11 is 0. The van der Waals surface area contributed by atoms with E-state index in [-0.39, 0.29) is 5.56 Å². The third kappa shape index (κ3) is 2.49. The average Bonchev–Trinajstić information content (AvgIpc) is 2.52. The van der Waals surface area contributed by atoms with Gasteiger partial charge in [0.1, 0.15) is 0 Å². The maximum absolute atomic E-state index is 14.0. The van der Waals surface area contributed by atoms with Crippen LogP contribution in [0.3, 0.4) is 0 Å². The molecule has 1 aromatic heterocycles. The molecule has 0 fully saturated rings. The molecule has 0 spiro atoms. The zero-order chi connectivity index (χ0) is 14.8. The van der Waals surface area contributed by atoms with E-state index in [4.69, 9.17) is 5.84 Å². The van der Waals surface area contributed by atoms with Crippen LogP contribution in [0, 0.1) is 11.6 Å². The van der Waals surface area contributed by atoms with Gasteiger partial charge in [0.05, 0.1) is 11.6 Å². The molecule has 21 heavy (non-hydrogen) atoms. The van der Waals surface area contributed by atoms with Crippen LogP contribution in [0.25, 0.3) is 10.9 Å². The molecule has 1 atom stereocenters. The van der Waals surface area contributed by atoms with Gasteiger partial charge in [-0.15, -0.1) is 0 Å². The summed E-state index contributed by atoms with van der Waals surface area (Å²) in [6, 6.07) is 12.6. The molecule has 0 bridgehead atoms. The number of nitrogens with zero attached hydrogens (tertiary/aromatic N) is 1. The van der Waals surface area contributed by atoms with E-state index in [2.05, 4.69) is 10.4 Å². The Balaban J connectivity index is 2.11. The molecule has 3 N–H and O–H groups in total. The summed E-state index contributed by atoms with van der Waals surface area (Å²) in [6.45, 7) is 0. The fourth-order valence-corrected chi connectivity index (χ4v) is 2.38. The number of nitrogens with two attached hydrogens (primary N) is 1. The van der Waals surface area contributed by atoms with Gasteiger partial charge in [0.2, 0.25) is 0 Å². The van der Waals surface area contributed by atoms with Gasteiger partial charge in [-0.3, -0.25) is 10.8 Å². The van der Waals surface area contributed by atoms with E-state index in [1.54, 1.807) is 12.3 Å². The van der Waals surface area contributed by atoms with Crippen molar-refractivity contribution in [2.75, 3.05) is 0 Å². The molecule has 1 heterocycles. The summed E-state index contributed by atoms with van der Waals surface area (Å²) in [5, 5.41) is 0.909. The highest BCUT2D eigenvalue weighted by Gasteiger charge is 2.19. The van der Waals surface area contributed by atoms with Crippen molar-refractivity contribution < 1.29 is 8.78 Å². The molecule has 3 aromatic rings. The number of fused-ring (bicyclic) bond motifs is 1. The number of aromatic nitrogens is 1. The van der Waals surface area contributed by atoms with E-state index in [1.165, 1.54) is 12.1 Å². The molecule has 0 saturated carbocycles. The second kappa shape index (κ2) is 5.55. The van der Waals surface area contributed by atoms with Gasteiger partial charge in [-0.2, -0.15) is 0 Å². The standard InChI is InChI=1S/C16H13F2N3/c17-13-5-1-4-12(15(13)18)16(21-19)11-6-7-14-10(9-11)3-2-8-20-14/h1-9,16,21H,19H2. The Labute approximate surface area is 120 Å². The molecule has 0 aliphatic carbocycles. The summed E-state index contributed by atoms with van der Waals surface area (Å²) < 4.78 is 27.3. The quantitative estimate of drug-likeness (QED) is 0.574. The van der Waals surface area contributed by atoms with Crippen molar-refractivity contribution in [1.82, 2.24) is 10.4 Å². The Hall–Kier alpha value is -2.37. The van der Waals surface area contributed by atoms with Crippen molar-refractivity contribution in [1.29, 1.82) is 0 Å². The second-order valence-corrected chi connectivity index (χ2v) is 4.70. The fourth-order valence-electron chi connectivity index (χ4n) is 2.38. The van der Waals surface area contributed by atoms with Crippen molar-refractivity contribution in [2.45, 2.75) is 6.04 Å². The maximum atomic E-state index is 14.0. The smallest absolute Gasteiger partial charge is 0.163 e. The Bertz CT molecular complexity index is 789. The highest BCUT2D eigenvalue weighted by atomic mass is 19.2. The van der Waals surface area contributed by atoms with Gasteiger partial charge in [-0.05, 0) is 29.8 Å². The Kier molecular flexibility index (Phi) is 3.60. The number of hydrogen-bond acceptors (Lipinski definition) is 3. The first kappa shape index (κ1) is 13.6. The van der Waals surface area contributed by atoms with Gasteiger partial charge in [-0.25, -0.2) is 14.2 Å². The van der Waals surface area contributed by atoms with Crippen LogP contribution in [-0.4, -0.2) is 4.98 Å². The summed E-state index contributed by atoms with van der Waals surface area (Å²) in [6.07, 6.45) is 1.70. The molecule has 5 heteroatoms. The predicted molar refractivity (Wildman–Crippen MR) is 77.3 cm³/mol. The number of halogens is 2. The average molecular weight is 285 g/mol. The van der Waals surface area contributed by atoms with Crippen LogP contribution in [-0.2, 0) is 0 Å². The fraction of sp³-hybridized carbons (Fsp3) is 0.0625. The molecule has 3 rings (SSSR count). The minimum atomic E-state index is -0.897. The van der Waals surface area contributed by atoms with Gasteiger partial charge < -0.3 is 0 Å². The molecule has 1 unspecified atom stereocenters. The molecular formula is C16H13F2N3.